The van der Waals surface area contributed by atoms with E-state index < -0.39 is 28.8 Å². The van der Waals surface area contributed by atoms with E-state index in [-0.39, 0.29) is 18.1 Å². The first-order valence-corrected chi connectivity index (χ1v) is 12.6. The van der Waals surface area contributed by atoms with Gasteiger partial charge in [-0.05, 0) is 62.2 Å². The summed E-state index contributed by atoms with van der Waals surface area (Å²) in [6, 6.07) is 11.2. The zero-order valence-electron chi connectivity index (χ0n) is 21.4. The van der Waals surface area contributed by atoms with Crippen LogP contribution in [0.15, 0.2) is 55.1 Å². The quantitative estimate of drug-likeness (QED) is 0.413. The normalized spacial score (nSPS) is 20.4. The molecule has 0 aromatic heterocycles. The van der Waals surface area contributed by atoms with Crippen molar-refractivity contribution in [3.63, 3.8) is 0 Å². The maximum atomic E-state index is 13.3. The maximum absolute atomic E-state index is 13.3. The first-order chi connectivity index (χ1) is 18.0. The Morgan fingerprint density at radius 3 is 2.50 bits per heavy atom. The summed E-state index contributed by atoms with van der Waals surface area (Å²) in [5, 5.41) is 12.2. The summed E-state index contributed by atoms with van der Waals surface area (Å²) in [5.41, 5.74) is 0.155. The molecule has 1 unspecified atom stereocenters. The Bertz CT molecular complexity index is 1190. The molecule has 0 aliphatic carbocycles. The fraction of sp³-hybridized carbons (Fsp3) is 0.429. The maximum Gasteiger partial charge on any atom is 0.420 e. The fourth-order valence-corrected chi connectivity index (χ4v) is 5.25. The van der Waals surface area contributed by atoms with Crippen molar-refractivity contribution in [2.24, 2.45) is 5.41 Å². The van der Waals surface area contributed by atoms with Gasteiger partial charge in [-0.25, -0.2) is 0 Å². The van der Waals surface area contributed by atoms with Gasteiger partial charge in [-0.1, -0.05) is 18.2 Å². The smallest absolute Gasteiger partial charge is 0.420 e. The van der Waals surface area contributed by atoms with E-state index in [0.29, 0.717) is 39.0 Å². The second kappa shape index (κ2) is 11.1. The van der Waals surface area contributed by atoms with Gasteiger partial charge >= 0.3 is 6.18 Å². The van der Waals surface area contributed by atoms with E-state index >= 15 is 0 Å². The average molecular weight is 531 g/mol. The lowest BCUT2D eigenvalue weighted by Gasteiger charge is -2.37. The summed E-state index contributed by atoms with van der Waals surface area (Å²) in [5.74, 6) is -1.34. The number of alkyl halides is 3. The number of allylic oxidation sites excluding steroid dienone is 1. The van der Waals surface area contributed by atoms with Gasteiger partial charge in [-0.15, -0.1) is 6.58 Å². The summed E-state index contributed by atoms with van der Waals surface area (Å²) >= 11 is 0. The predicted octanol–water partition coefficient (Wildman–Crippen LogP) is 4.27. The number of carbonyl (C=O) groups excluding carboxylic acids is 2. The molecule has 0 spiro atoms. The third-order valence-corrected chi connectivity index (χ3v) is 7.37. The molecule has 0 radical (unpaired) electrons. The van der Waals surface area contributed by atoms with Crippen molar-refractivity contribution in [3.8, 4) is 5.75 Å². The van der Waals surface area contributed by atoms with Gasteiger partial charge in [0.15, 0.2) is 0 Å². The van der Waals surface area contributed by atoms with Gasteiger partial charge in [0, 0.05) is 44.1 Å². The molecule has 2 aromatic rings. The van der Waals surface area contributed by atoms with Crippen LogP contribution in [0.5, 0.6) is 5.75 Å². The number of hydrogen-bond donors (Lipinski definition) is 2. The van der Waals surface area contributed by atoms with Gasteiger partial charge < -0.3 is 20.2 Å². The van der Waals surface area contributed by atoms with E-state index in [1.54, 1.807) is 6.08 Å². The Labute approximate surface area is 220 Å². The van der Waals surface area contributed by atoms with Crippen LogP contribution in [-0.2, 0) is 15.8 Å². The lowest BCUT2D eigenvalue weighted by atomic mass is 9.82. The van der Waals surface area contributed by atoms with Crippen molar-refractivity contribution in [1.82, 2.24) is 9.80 Å². The standard InChI is InChI=1S/C28H33F3N4O3/c1-3-9-27(26(38)32-21-7-8-24(36)23(17-21)28(29,30)31)10-11-33(19-27)18-25(37)35-14-12-34(13-15-35)22-6-4-5-20(2)16-22/h3-8,16-17,36H,1,9-15,18-19H2,2H3,(H,32,38). The second-order valence-electron chi connectivity index (χ2n) is 10.1. The molecule has 2 heterocycles. The van der Waals surface area contributed by atoms with Crippen LogP contribution in [0.3, 0.4) is 0 Å². The number of halogens is 3. The highest BCUT2D eigenvalue weighted by Crippen LogP contribution is 2.39. The highest BCUT2D eigenvalue weighted by molar-refractivity contribution is 5.96. The number of phenols is 1. The van der Waals surface area contributed by atoms with Gasteiger partial charge in [-0.2, -0.15) is 13.2 Å². The average Bonchev–Trinajstić information content (AvgIpc) is 3.28. The molecular weight excluding hydrogens is 497 g/mol. The Morgan fingerprint density at radius 1 is 1.11 bits per heavy atom. The zero-order chi connectivity index (χ0) is 27.5. The summed E-state index contributed by atoms with van der Waals surface area (Å²) in [4.78, 5) is 32.4. The number of likely N-dealkylation sites (tertiary alicyclic amines) is 1. The number of aryl methyl sites for hydroxylation is 1. The third kappa shape index (κ3) is 6.12. The van der Waals surface area contributed by atoms with Crippen molar-refractivity contribution in [2.75, 3.05) is 56.0 Å². The second-order valence-corrected chi connectivity index (χ2v) is 10.1. The van der Waals surface area contributed by atoms with Gasteiger partial charge in [0.05, 0.1) is 17.5 Å². The molecule has 2 amide bonds. The van der Waals surface area contributed by atoms with Crippen molar-refractivity contribution >= 4 is 23.2 Å². The van der Waals surface area contributed by atoms with E-state index in [2.05, 4.69) is 41.9 Å². The number of piperazine rings is 1. The topological polar surface area (TPSA) is 76.1 Å². The molecule has 10 heteroatoms. The Morgan fingerprint density at radius 2 is 1.84 bits per heavy atom. The number of hydrogen-bond acceptors (Lipinski definition) is 5. The first kappa shape index (κ1) is 27.5. The van der Waals surface area contributed by atoms with Crippen LogP contribution < -0.4 is 10.2 Å². The number of anilines is 2. The molecule has 2 aliphatic rings. The van der Waals surface area contributed by atoms with Crippen molar-refractivity contribution in [3.05, 3.63) is 66.2 Å². The Balaban J connectivity index is 1.35. The number of rotatable bonds is 7. The number of aromatic hydroxyl groups is 1. The molecule has 38 heavy (non-hydrogen) atoms. The number of carbonyl (C=O) groups is 2. The van der Waals surface area contributed by atoms with Gasteiger partial charge in [-0.3, -0.25) is 14.5 Å². The number of phenolic OH excluding ortho intramolecular Hbond substituents is 1. The number of benzene rings is 2. The van der Waals surface area contributed by atoms with Crippen LogP contribution in [0.1, 0.15) is 24.0 Å². The van der Waals surface area contributed by atoms with E-state index in [1.165, 1.54) is 11.6 Å². The molecule has 4 rings (SSSR count). The zero-order valence-corrected chi connectivity index (χ0v) is 21.4. The SMILES string of the molecule is C=CCC1(C(=O)Nc2ccc(O)c(C(F)(F)F)c2)CCN(CC(=O)N2CCN(c3cccc(C)c3)CC2)C1. The molecule has 2 saturated heterocycles. The molecule has 2 aromatic carbocycles. The van der Waals surface area contributed by atoms with Crippen molar-refractivity contribution < 1.29 is 27.9 Å². The van der Waals surface area contributed by atoms with Crippen LogP contribution >= 0.6 is 0 Å². The number of nitrogens with zero attached hydrogens (tertiary/aromatic N) is 3. The summed E-state index contributed by atoms with van der Waals surface area (Å²) in [7, 11) is 0. The molecule has 7 nitrogen and oxygen atoms in total. The third-order valence-electron chi connectivity index (χ3n) is 7.37. The molecule has 0 saturated carbocycles. The minimum absolute atomic E-state index is 0.00272. The van der Waals surface area contributed by atoms with E-state index in [0.717, 1.165) is 30.9 Å². The summed E-state index contributed by atoms with van der Waals surface area (Å²) in [6.07, 6.45) is -2.36. The van der Waals surface area contributed by atoms with Crippen LogP contribution in [0.4, 0.5) is 24.5 Å². The van der Waals surface area contributed by atoms with E-state index in [4.69, 9.17) is 0 Å². The highest BCUT2D eigenvalue weighted by atomic mass is 19.4. The fourth-order valence-electron chi connectivity index (χ4n) is 5.25. The van der Waals surface area contributed by atoms with Crippen LogP contribution in [0.25, 0.3) is 0 Å². The molecule has 0 bridgehead atoms. The van der Waals surface area contributed by atoms with Crippen LogP contribution in [0, 0.1) is 12.3 Å². The molecule has 204 valence electrons. The predicted molar refractivity (Wildman–Crippen MR) is 140 cm³/mol. The van der Waals surface area contributed by atoms with Gasteiger partial charge in [0.1, 0.15) is 5.75 Å². The Kier molecular flexibility index (Phi) is 8.01. The van der Waals surface area contributed by atoms with E-state index in [9.17, 15) is 27.9 Å². The molecular formula is C28H33F3N4O3. The Hall–Kier alpha value is -3.53. The minimum Gasteiger partial charge on any atom is -0.507 e. The first-order valence-electron chi connectivity index (χ1n) is 12.6. The van der Waals surface area contributed by atoms with Crippen LogP contribution in [0.2, 0.25) is 0 Å². The largest absolute Gasteiger partial charge is 0.507 e. The molecule has 2 fully saturated rings. The molecule has 2 aliphatic heterocycles. The molecule has 2 N–H and O–H groups in total. The van der Waals surface area contributed by atoms with Crippen molar-refractivity contribution in [2.45, 2.75) is 25.9 Å². The van der Waals surface area contributed by atoms with Crippen molar-refractivity contribution in [1.29, 1.82) is 0 Å². The van der Waals surface area contributed by atoms with E-state index in [1.807, 2.05) is 15.9 Å². The summed E-state index contributed by atoms with van der Waals surface area (Å²) in [6.45, 7) is 9.50. The van der Waals surface area contributed by atoms with Gasteiger partial charge in [0.25, 0.3) is 0 Å². The summed E-state index contributed by atoms with van der Waals surface area (Å²) < 4.78 is 39.5. The van der Waals surface area contributed by atoms with Crippen LogP contribution in [-0.4, -0.2) is 72.5 Å². The lowest BCUT2D eigenvalue weighted by Crippen LogP contribution is -2.51. The molecule has 1 atom stereocenters. The van der Waals surface area contributed by atoms with Gasteiger partial charge in [0.2, 0.25) is 11.8 Å². The monoisotopic (exact) mass is 530 g/mol. The number of amides is 2. The minimum atomic E-state index is -4.75. The lowest BCUT2D eigenvalue weighted by molar-refractivity contribution is -0.138. The number of nitrogens with one attached hydrogen (secondary N) is 1. The highest BCUT2D eigenvalue weighted by Gasteiger charge is 2.44.